The molecule has 0 radical (unpaired) electrons. The van der Waals surface area contributed by atoms with Crippen molar-refractivity contribution in [3.63, 3.8) is 0 Å². The molecule has 0 aliphatic heterocycles. The van der Waals surface area contributed by atoms with Crippen molar-refractivity contribution < 1.29 is 4.52 Å². The summed E-state index contributed by atoms with van der Waals surface area (Å²) in [6, 6.07) is 7.93. The van der Waals surface area contributed by atoms with Crippen LogP contribution in [0.5, 0.6) is 0 Å². The van der Waals surface area contributed by atoms with Gasteiger partial charge in [-0.15, -0.1) is 11.3 Å². The zero-order valence-electron chi connectivity index (χ0n) is 11.0. The molecule has 4 nitrogen and oxygen atoms in total. The van der Waals surface area contributed by atoms with Crippen LogP contribution in [-0.4, -0.2) is 10.1 Å². The molecule has 0 saturated heterocycles. The number of benzene rings is 1. The second-order valence-electron chi connectivity index (χ2n) is 4.57. The maximum absolute atomic E-state index is 5.80. The Morgan fingerprint density at radius 3 is 2.70 bits per heavy atom. The Morgan fingerprint density at radius 2 is 2.05 bits per heavy atom. The van der Waals surface area contributed by atoms with Crippen LogP contribution in [0.15, 0.2) is 33.3 Å². The molecule has 0 atom stereocenters. The summed E-state index contributed by atoms with van der Waals surface area (Å²) in [5.74, 6) is 1.07. The van der Waals surface area contributed by atoms with E-state index in [9.17, 15) is 0 Å². The first-order chi connectivity index (χ1) is 9.54. The summed E-state index contributed by atoms with van der Waals surface area (Å²) < 4.78 is 6.31. The van der Waals surface area contributed by atoms with Crippen molar-refractivity contribution in [1.82, 2.24) is 10.1 Å². The van der Waals surface area contributed by atoms with Crippen LogP contribution in [0.25, 0.3) is 22.2 Å². The summed E-state index contributed by atoms with van der Waals surface area (Å²) >= 11 is 4.98. The molecule has 0 unspecified atom stereocenters. The second-order valence-corrected chi connectivity index (χ2v) is 6.51. The van der Waals surface area contributed by atoms with Crippen LogP contribution in [0.4, 0.5) is 5.00 Å². The average molecular weight is 350 g/mol. The smallest absolute Gasteiger partial charge is 0.268 e. The third kappa shape index (κ3) is 2.36. The summed E-state index contributed by atoms with van der Waals surface area (Å²) in [7, 11) is 0. The number of nitrogens with zero attached hydrogens (tertiary/aromatic N) is 2. The predicted molar refractivity (Wildman–Crippen MR) is 84.6 cm³/mol. The third-order valence-electron chi connectivity index (χ3n) is 2.92. The molecule has 1 aromatic carbocycles. The first-order valence-corrected chi connectivity index (χ1v) is 7.62. The fourth-order valence-electron chi connectivity index (χ4n) is 1.95. The minimum Gasteiger partial charge on any atom is -0.391 e. The number of hydrogen-bond donors (Lipinski definition) is 1. The Bertz CT molecular complexity index is 779. The SMILES string of the molecule is Cc1ccc(-c2noc(-c3sc(N)cc3C)n2)c(Br)c1. The Labute approximate surface area is 128 Å². The fraction of sp³-hybridized carbons (Fsp3) is 0.143. The summed E-state index contributed by atoms with van der Waals surface area (Å²) in [5.41, 5.74) is 8.93. The predicted octanol–water partition coefficient (Wildman–Crippen LogP) is 4.43. The van der Waals surface area contributed by atoms with E-state index in [1.165, 1.54) is 16.9 Å². The van der Waals surface area contributed by atoms with E-state index in [4.69, 9.17) is 10.3 Å². The lowest BCUT2D eigenvalue weighted by Crippen LogP contribution is -1.84. The number of thiophene rings is 1. The zero-order chi connectivity index (χ0) is 14.3. The molecule has 3 rings (SSSR count). The summed E-state index contributed by atoms with van der Waals surface area (Å²) in [6.45, 7) is 4.02. The van der Waals surface area contributed by atoms with E-state index in [-0.39, 0.29) is 0 Å². The van der Waals surface area contributed by atoms with Gasteiger partial charge >= 0.3 is 0 Å². The highest BCUT2D eigenvalue weighted by molar-refractivity contribution is 9.10. The average Bonchev–Trinajstić information content (AvgIpc) is 2.96. The van der Waals surface area contributed by atoms with Crippen molar-refractivity contribution in [2.45, 2.75) is 13.8 Å². The monoisotopic (exact) mass is 349 g/mol. The number of aromatic nitrogens is 2. The minimum atomic E-state index is 0.506. The van der Waals surface area contributed by atoms with Gasteiger partial charge in [0.25, 0.3) is 5.89 Å². The molecule has 2 N–H and O–H groups in total. The first kappa shape index (κ1) is 13.3. The summed E-state index contributed by atoms with van der Waals surface area (Å²) in [4.78, 5) is 5.38. The van der Waals surface area contributed by atoms with Gasteiger partial charge in [0.05, 0.1) is 9.88 Å². The number of nitrogens with two attached hydrogens (primary N) is 1. The van der Waals surface area contributed by atoms with E-state index in [1.54, 1.807) is 0 Å². The van der Waals surface area contributed by atoms with Crippen LogP contribution in [0, 0.1) is 13.8 Å². The Kier molecular flexibility index (Phi) is 3.35. The number of hydrogen-bond acceptors (Lipinski definition) is 5. The molecule has 0 spiro atoms. The zero-order valence-corrected chi connectivity index (χ0v) is 13.4. The molecule has 0 saturated carbocycles. The number of halogens is 1. The fourth-order valence-corrected chi connectivity index (χ4v) is 3.48. The van der Waals surface area contributed by atoms with Gasteiger partial charge in [0.1, 0.15) is 0 Å². The third-order valence-corrected chi connectivity index (χ3v) is 4.63. The largest absolute Gasteiger partial charge is 0.391 e. The number of rotatable bonds is 2. The van der Waals surface area contributed by atoms with E-state index < -0.39 is 0 Å². The maximum atomic E-state index is 5.80. The summed E-state index contributed by atoms with van der Waals surface area (Å²) in [6.07, 6.45) is 0. The molecule has 0 fully saturated rings. The molecule has 2 aromatic heterocycles. The number of nitrogen functional groups attached to an aromatic ring is 1. The van der Waals surface area contributed by atoms with Crippen LogP contribution in [-0.2, 0) is 0 Å². The van der Waals surface area contributed by atoms with Gasteiger partial charge in [-0.3, -0.25) is 0 Å². The molecular weight excluding hydrogens is 338 g/mol. The van der Waals surface area contributed by atoms with Crippen molar-refractivity contribution in [2.75, 3.05) is 5.73 Å². The molecule has 2 heterocycles. The molecule has 0 bridgehead atoms. The molecule has 0 aliphatic rings. The Hall–Kier alpha value is -1.66. The second kappa shape index (κ2) is 5.03. The van der Waals surface area contributed by atoms with Crippen LogP contribution in [0.1, 0.15) is 11.1 Å². The van der Waals surface area contributed by atoms with Gasteiger partial charge in [0.2, 0.25) is 5.82 Å². The minimum absolute atomic E-state index is 0.506. The lowest BCUT2D eigenvalue weighted by atomic mass is 10.1. The molecule has 6 heteroatoms. The van der Waals surface area contributed by atoms with E-state index in [2.05, 4.69) is 26.1 Å². The first-order valence-electron chi connectivity index (χ1n) is 6.01. The van der Waals surface area contributed by atoms with E-state index in [1.807, 2.05) is 38.1 Å². The summed E-state index contributed by atoms with van der Waals surface area (Å²) in [5, 5.41) is 4.80. The quantitative estimate of drug-likeness (QED) is 0.743. The molecule has 0 aliphatic carbocycles. The van der Waals surface area contributed by atoms with Gasteiger partial charge in [-0.2, -0.15) is 4.98 Å². The van der Waals surface area contributed by atoms with Gasteiger partial charge in [-0.25, -0.2) is 0 Å². The van der Waals surface area contributed by atoms with Gasteiger partial charge in [-0.05, 0) is 43.2 Å². The van der Waals surface area contributed by atoms with Crippen LogP contribution < -0.4 is 5.73 Å². The van der Waals surface area contributed by atoms with Crippen molar-refractivity contribution in [2.24, 2.45) is 0 Å². The highest BCUT2D eigenvalue weighted by atomic mass is 79.9. The van der Waals surface area contributed by atoms with E-state index in [0.29, 0.717) is 11.7 Å². The highest BCUT2D eigenvalue weighted by Gasteiger charge is 2.16. The van der Waals surface area contributed by atoms with Gasteiger partial charge in [0, 0.05) is 10.0 Å². The van der Waals surface area contributed by atoms with Crippen LogP contribution >= 0.6 is 27.3 Å². The molecule has 20 heavy (non-hydrogen) atoms. The van der Waals surface area contributed by atoms with Crippen molar-refractivity contribution in [3.8, 4) is 22.2 Å². The normalized spacial score (nSPS) is 10.9. The lowest BCUT2D eigenvalue weighted by Gasteiger charge is -1.99. The molecule has 102 valence electrons. The Morgan fingerprint density at radius 1 is 1.25 bits per heavy atom. The van der Waals surface area contributed by atoms with Gasteiger partial charge < -0.3 is 10.3 Å². The highest BCUT2D eigenvalue weighted by Crippen LogP contribution is 2.34. The topological polar surface area (TPSA) is 64.9 Å². The molecule has 3 aromatic rings. The van der Waals surface area contributed by atoms with Crippen molar-refractivity contribution in [3.05, 3.63) is 39.9 Å². The van der Waals surface area contributed by atoms with Crippen molar-refractivity contribution in [1.29, 1.82) is 0 Å². The maximum Gasteiger partial charge on any atom is 0.268 e. The molecule has 0 amide bonds. The van der Waals surface area contributed by atoms with Crippen LogP contribution in [0.3, 0.4) is 0 Å². The lowest BCUT2D eigenvalue weighted by molar-refractivity contribution is 0.433. The number of aryl methyl sites for hydroxylation is 2. The van der Waals surface area contributed by atoms with E-state index in [0.717, 1.165) is 25.5 Å². The van der Waals surface area contributed by atoms with Gasteiger partial charge in [-0.1, -0.05) is 27.2 Å². The van der Waals surface area contributed by atoms with E-state index >= 15 is 0 Å². The number of anilines is 1. The van der Waals surface area contributed by atoms with Gasteiger partial charge in [0.15, 0.2) is 0 Å². The van der Waals surface area contributed by atoms with Crippen molar-refractivity contribution >= 4 is 32.3 Å². The Balaban J connectivity index is 2.04. The standard InChI is InChI=1S/C14H12BrN3OS/c1-7-3-4-9(10(15)5-7)13-17-14(19-18-13)12-8(2)6-11(16)20-12/h3-6H,16H2,1-2H3. The molecular formula is C14H12BrN3OS. The van der Waals surface area contributed by atoms with Crippen LogP contribution in [0.2, 0.25) is 0 Å².